The molecule has 0 bridgehead atoms. The molecule has 0 atom stereocenters. The molecule has 0 aliphatic carbocycles. The lowest BCUT2D eigenvalue weighted by atomic mass is 9.79. The van der Waals surface area contributed by atoms with Gasteiger partial charge in [0.25, 0.3) is 0 Å². The van der Waals surface area contributed by atoms with Crippen LogP contribution < -0.4 is 15.3 Å². The van der Waals surface area contributed by atoms with Gasteiger partial charge >= 0.3 is 7.12 Å². The first kappa shape index (κ1) is 54.8. The minimum atomic E-state index is -1.51. The maximum atomic E-state index is 9.24. The Kier molecular flexibility index (Phi) is 16.2. The molecule has 7 heterocycles. The Labute approximate surface area is 499 Å². The number of aliphatic hydroxyl groups is 1. The van der Waals surface area contributed by atoms with Crippen LogP contribution in [0.25, 0.3) is 88.3 Å². The molecule has 12 nitrogen and oxygen atoms in total. The van der Waals surface area contributed by atoms with Crippen molar-refractivity contribution in [1.82, 2.24) is 19.9 Å². The zero-order valence-electron chi connectivity index (χ0n) is 44.9. The summed E-state index contributed by atoms with van der Waals surface area (Å²) in [6, 6.07) is 85.8. The van der Waals surface area contributed by atoms with Crippen molar-refractivity contribution in [1.29, 1.82) is 0 Å². The third kappa shape index (κ3) is 11.2. The first-order valence-corrected chi connectivity index (χ1v) is 28.3. The number of hydrogen-bond donors (Lipinski definition) is 3. The van der Waals surface area contributed by atoms with Crippen LogP contribution in [0, 0.1) is 0 Å². The summed E-state index contributed by atoms with van der Waals surface area (Å²) in [5.41, 5.74) is 10.6. The average Bonchev–Trinajstić information content (AvgIpc) is 3.97. The molecule has 0 radical (unpaired) electrons. The molecule has 15 heteroatoms. The lowest BCUT2D eigenvalue weighted by Crippen LogP contribution is -2.29. The van der Waals surface area contributed by atoms with E-state index in [2.05, 4.69) is 107 Å². The lowest BCUT2D eigenvalue weighted by Gasteiger charge is -2.24. The second-order valence-corrected chi connectivity index (χ2v) is 20.6. The van der Waals surface area contributed by atoms with Crippen molar-refractivity contribution in [2.75, 3.05) is 16.9 Å². The van der Waals surface area contributed by atoms with E-state index in [1.807, 2.05) is 193 Å². The highest BCUT2D eigenvalue weighted by molar-refractivity contribution is 9.10. The van der Waals surface area contributed by atoms with Crippen molar-refractivity contribution in [2.45, 2.75) is 0 Å². The maximum absolute atomic E-state index is 9.24. The average molecular weight is 1230 g/mol. The molecule has 0 aliphatic rings. The Hall–Kier alpha value is -9.74. The van der Waals surface area contributed by atoms with Crippen LogP contribution in [0.1, 0.15) is 0 Å². The highest BCUT2D eigenvalue weighted by Crippen LogP contribution is 2.41. The van der Waals surface area contributed by atoms with Gasteiger partial charge < -0.3 is 28.4 Å². The fraction of sp³-hybridized carbons (Fsp3) is 0.0145. The van der Waals surface area contributed by atoms with E-state index in [9.17, 15) is 10.0 Å². The van der Waals surface area contributed by atoms with Crippen molar-refractivity contribution >= 4 is 145 Å². The van der Waals surface area contributed by atoms with E-state index in [1.165, 1.54) is 0 Å². The highest BCUT2D eigenvalue weighted by atomic mass is 79.9. The van der Waals surface area contributed by atoms with Gasteiger partial charge in [0.05, 0.1) is 11.4 Å². The van der Waals surface area contributed by atoms with Crippen LogP contribution in [0.15, 0.2) is 283 Å². The van der Waals surface area contributed by atoms with E-state index in [0.717, 1.165) is 134 Å². The van der Waals surface area contributed by atoms with E-state index in [-0.39, 0.29) is 0 Å². The molecule has 0 aliphatic heterocycles. The first-order chi connectivity index (χ1) is 41.3. The van der Waals surface area contributed by atoms with Crippen molar-refractivity contribution in [3.8, 4) is 22.5 Å². The van der Waals surface area contributed by atoms with E-state index < -0.39 is 7.12 Å². The molecule has 84 heavy (non-hydrogen) atoms. The van der Waals surface area contributed by atoms with Crippen LogP contribution in [0.5, 0.6) is 0 Å². The van der Waals surface area contributed by atoms with Crippen LogP contribution in [-0.4, -0.2) is 49.3 Å². The largest absolute Gasteiger partial charge is 0.492 e. The van der Waals surface area contributed by atoms with Gasteiger partial charge in [-0.2, -0.15) is 0 Å². The van der Waals surface area contributed by atoms with Crippen LogP contribution in [0.2, 0.25) is 0 Å². The van der Waals surface area contributed by atoms with Gasteiger partial charge in [0.15, 0.2) is 0 Å². The number of aliphatic hydroxyl groups excluding tert-OH is 1. The number of pyridine rings is 4. The van der Waals surface area contributed by atoms with Gasteiger partial charge in [-0.15, -0.1) is 0 Å². The molecule has 0 saturated heterocycles. The molecule has 0 amide bonds. The second-order valence-electron chi connectivity index (χ2n) is 19.0. The van der Waals surface area contributed by atoms with E-state index >= 15 is 0 Å². The maximum Gasteiger partial charge on any atom is 0.492 e. The lowest BCUT2D eigenvalue weighted by molar-refractivity contribution is 0.399. The summed E-state index contributed by atoms with van der Waals surface area (Å²) in [4.78, 5) is 23.6. The number of rotatable bonds is 9. The molecule has 15 rings (SSSR count). The summed E-state index contributed by atoms with van der Waals surface area (Å²) >= 11 is 6.85. The Morgan fingerprint density at radius 2 is 0.643 bits per heavy atom. The molecule has 0 unspecified atom stereocenters. The van der Waals surface area contributed by atoms with Gasteiger partial charge in [0.2, 0.25) is 0 Å². The van der Waals surface area contributed by atoms with E-state index in [1.54, 1.807) is 12.1 Å². The topological polar surface area (TPSA) is 158 Å². The fourth-order valence-electron chi connectivity index (χ4n) is 10.2. The molecule has 408 valence electrons. The highest BCUT2D eigenvalue weighted by Gasteiger charge is 2.22. The van der Waals surface area contributed by atoms with Crippen molar-refractivity contribution in [3.63, 3.8) is 0 Å². The Morgan fingerprint density at radius 1 is 0.321 bits per heavy atom. The van der Waals surface area contributed by atoms with Crippen molar-refractivity contribution in [3.05, 3.63) is 270 Å². The second kappa shape index (κ2) is 24.8. The SMILES string of the molecule is Brc1cccc(N(c2ccccc2)c2cccc(Br)n2)n1.CO.OB(O)c1cccc2c1oc1ccccc12.c1ccc(N(c2cccc(-c3cccc4c3oc3ccccc34)n2)c2cccc(-c3cccc4c3oc3ccccc34)n2)cc1. The normalized spacial score (nSPS) is 11.0. The molecule has 3 N–H and O–H groups in total. The van der Waals surface area contributed by atoms with Crippen LogP contribution in [0.4, 0.5) is 34.6 Å². The Bertz CT molecular complexity index is 4570. The number of para-hydroxylation sites is 8. The summed E-state index contributed by atoms with van der Waals surface area (Å²) in [6.07, 6.45) is 0. The fourth-order valence-corrected chi connectivity index (χ4v) is 10.9. The number of furan rings is 3. The molecule has 0 spiro atoms. The third-order valence-electron chi connectivity index (χ3n) is 13.9. The minimum absolute atomic E-state index is 0.397. The minimum Gasteiger partial charge on any atom is -0.456 e. The number of nitrogens with zero attached hydrogens (tertiary/aromatic N) is 6. The van der Waals surface area contributed by atoms with Gasteiger partial charge in [-0.1, -0.05) is 158 Å². The zero-order chi connectivity index (χ0) is 57.5. The number of anilines is 6. The summed E-state index contributed by atoms with van der Waals surface area (Å²) in [6.45, 7) is 0. The van der Waals surface area contributed by atoms with Gasteiger partial charge in [-0.3, -0.25) is 9.80 Å². The smallest absolute Gasteiger partial charge is 0.456 e. The monoisotopic (exact) mass is 1230 g/mol. The summed E-state index contributed by atoms with van der Waals surface area (Å²) in [5.74, 6) is 3.11. The van der Waals surface area contributed by atoms with Crippen LogP contribution >= 0.6 is 31.9 Å². The zero-order valence-corrected chi connectivity index (χ0v) is 48.1. The molecular weight excluding hydrogens is 1180 g/mol. The number of benzene rings is 8. The molecule has 0 fully saturated rings. The summed E-state index contributed by atoms with van der Waals surface area (Å²) in [7, 11) is -0.510. The van der Waals surface area contributed by atoms with E-state index in [0.29, 0.717) is 11.0 Å². The standard InChI is InChI=1S/C40H25N3O2.C16H11Br2N3.C12H9BO3.CH4O/c1-2-12-26(13-3-1)43(37-24-10-20-33(41-37)31-18-8-16-29-27-14-4-6-22-35(27)44-39(29)31)38-25-11-21-34(42-38)32-19-9-17-30-28-15-5-7-23-36(28)45-40(30)32;17-13-8-4-10-15(19-13)21(12-6-2-1-3-7-12)16-11-5-9-14(18)20-16;14-13(15)10-6-3-5-9-8-4-1-2-7-11(8)16-12(9)10;1-2/h1-25H;1-11H;1-7,14-15H;2H,1H3. The van der Waals surface area contributed by atoms with Gasteiger partial charge in [0.1, 0.15) is 66.0 Å². The van der Waals surface area contributed by atoms with Crippen molar-refractivity contribution < 1.29 is 28.4 Å². The predicted octanol–water partition coefficient (Wildman–Crippen LogP) is 17.4. The molecule has 8 aromatic carbocycles. The molecule has 0 saturated carbocycles. The number of fused-ring (bicyclic) bond motifs is 9. The van der Waals surface area contributed by atoms with Gasteiger partial charge in [0, 0.05) is 67.4 Å². The quantitative estimate of drug-likeness (QED) is 0.0929. The number of halogens is 2. The summed E-state index contributed by atoms with van der Waals surface area (Å²) in [5, 5.41) is 31.7. The molecule has 15 aromatic rings. The van der Waals surface area contributed by atoms with Crippen LogP contribution in [0.3, 0.4) is 0 Å². The predicted molar refractivity (Wildman–Crippen MR) is 346 cm³/mol. The van der Waals surface area contributed by atoms with Gasteiger partial charge in [-0.25, -0.2) is 19.9 Å². The van der Waals surface area contributed by atoms with Gasteiger partial charge in [-0.05, 0) is 135 Å². The molecular formula is C69H49BBr2N6O6. The third-order valence-corrected chi connectivity index (χ3v) is 14.8. The van der Waals surface area contributed by atoms with E-state index in [4.69, 9.17) is 28.3 Å². The Morgan fingerprint density at radius 3 is 1.05 bits per heavy atom. The molecule has 7 aromatic heterocycles. The van der Waals surface area contributed by atoms with Crippen LogP contribution in [-0.2, 0) is 0 Å². The first-order valence-electron chi connectivity index (χ1n) is 26.7. The summed E-state index contributed by atoms with van der Waals surface area (Å²) < 4.78 is 19.9. The number of hydrogen-bond acceptors (Lipinski definition) is 12. The number of aromatic nitrogens is 4. The van der Waals surface area contributed by atoms with Crippen molar-refractivity contribution in [2.24, 2.45) is 0 Å². The Balaban J connectivity index is 0.000000146.